The Bertz CT molecular complexity index is 551. The number of halogens is 1. The molecule has 0 fully saturated rings. The molecule has 0 aromatic heterocycles. The molecule has 6 nitrogen and oxygen atoms in total. The second kappa shape index (κ2) is 6.70. The van der Waals surface area contributed by atoms with Crippen molar-refractivity contribution >= 4 is 38.3 Å². The molecule has 0 saturated heterocycles. The van der Waals surface area contributed by atoms with E-state index < -0.39 is 17.8 Å². The minimum atomic E-state index is -1.21. The minimum absolute atomic E-state index is 0.0826. The van der Waals surface area contributed by atoms with Crippen LogP contribution in [0.3, 0.4) is 0 Å². The molecule has 1 radical (unpaired) electrons. The van der Waals surface area contributed by atoms with E-state index >= 15 is 0 Å². The summed E-state index contributed by atoms with van der Waals surface area (Å²) in [4.78, 5) is 21.9. The molecule has 0 aliphatic carbocycles. The normalized spacial score (nSPS) is 11.8. The number of carboxylic acid groups (broad SMARTS) is 1. The van der Waals surface area contributed by atoms with Crippen LogP contribution in [0.2, 0.25) is 0 Å². The Labute approximate surface area is 123 Å². The van der Waals surface area contributed by atoms with Crippen molar-refractivity contribution < 1.29 is 23.8 Å². The van der Waals surface area contributed by atoms with Crippen LogP contribution in [0.1, 0.15) is 12.5 Å². The van der Waals surface area contributed by atoms with Gasteiger partial charge in [-0.05, 0) is 0 Å². The number of nitrogens with one attached hydrogen (secondary N) is 1. The van der Waals surface area contributed by atoms with Crippen molar-refractivity contribution in [2.45, 2.75) is 19.4 Å². The van der Waals surface area contributed by atoms with Crippen LogP contribution in [-0.4, -0.2) is 46.4 Å². The van der Waals surface area contributed by atoms with E-state index in [1.807, 2.05) is 0 Å². The number of nitrogens with two attached hydrogens (primary N) is 1. The summed E-state index contributed by atoms with van der Waals surface area (Å²) in [5, 5.41) is 11.3. The zero-order valence-electron chi connectivity index (χ0n) is 11.1. The van der Waals surface area contributed by atoms with Crippen LogP contribution in [-0.2, 0) is 16.0 Å². The molecule has 1 rings (SSSR count). The van der Waals surface area contributed by atoms with Gasteiger partial charge in [0, 0.05) is 0 Å². The Kier molecular flexibility index (Phi) is 5.51. The number of hydrogen-bond donors (Lipinski definition) is 3. The first kappa shape index (κ1) is 16.4. The Morgan fingerprint density at radius 3 is 2.65 bits per heavy atom. The number of hydrogen-bond acceptors (Lipinski definition) is 4. The van der Waals surface area contributed by atoms with Gasteiger partial charge in [-0.1, -0.05) is 0 Å². The number of amides is 1. The van der Waals surface area contributed by atoms with Crippen molar-refractivity contribution in [1.82, 2.24) is 0 Å². The molecular weight excluding hydrogens is 282 g/mol. The zero-order chi connectivity index (χ0) is 15.4. The fourth-order valence-corrected chi connectivity index (χ4v) is 2.13. The molecule has 1 atom stereocenters. The second-order valence-electron chi connectivity index (χ2n) is 4.16. The molecule has 8 heteroatoms. The molecule has 0 spiro atoms. The van der Waals surface area contributed by atoms with E-state index in [1.54, 1.807) is 0 Å². The predicted octanol–water partition coefficient (Wildman–Crippen LogP) is -0.459. The predicted molar refractivity (Wildman–Crippen MR) is 72.0 cm³/mol. The summed E-state index contributed by atoms with van der Waals surface area (Å²) >= 11 is 2.33. The van der Waals surface area contributed by atoms with Gasteiger partial charge in [-0.3, -0.25) is 0 Å². The first-order chi connectivity index (χ1) is 9.27. The van der Waals surface area contributed by atoms with Crippen LogP contribution in [0.4, 0.5) is 10.1 Å². The van der Waals surface area contributed by atoms with Gasteiger partial charge in [0.05, 0.1) is 0 Å². The molecule has 1 amide bonds. The van der Waals surface area contributed by atoms with Gasteiger partial charge < -0.3 is 0 Å². The van der Waals surface area contributed by atoms with Crippen LogP contribution in [0.15, 0.2) is 6.07 Å². The number of rotatable bonds is 5. The standard InChI is InChI=1S/C12H14FN2O4.Al/c1-6(16)15-8-3-7(4-10(14)12(17)18)11(19-2)9(13)5-8;/h5,10H,4,14H2,1-2H3,(H,15,16)(H,17,18);/q;+1. The third kappa shape index (κ3) is 3.70. The van der Waals surface area contributed by atoms with E-state index in [9.17, 15) is 14.0 Å². The van der Waals surface area contributed by atoms with Gasteiger partial charge in [-0.25, -0.2) is 0 Å². The molecule has 0 saturated carbocycles. The number of aliphatic carboxylic acids is 1. The Morgan fingerprint density at radius 2 is 2.20 bits per heavy atom. The molecule has 0 heterocycles. The number of carboxylic acids is 1. The number of anilines is 1. The molecule has 1 aromatic carbocycles. The van der Waals surface area contributed by atoms with E-state index in [0.717, 1.165) is 6.07 Å². The summed E-state index contributed by atoms with van der Waals surface area (Å²) in [5.41, 5.74) is 5.99. The quantitative estimate of drug-likeness (QED) is 0.638. The topological polar surface area (TPSA) is 102 Å². The Morgan fingerprint density at radius 1 is 1.60 bits per heavy atom. The molecule has 105 valence electrons. The van der Waals surface area contributed by atoms with Gasteiger partial charge in [0.2, 0.25) is 0 Å². The van der Waals surface area contributed by atoms with Crippen molar-refractivity contribution in [1.29, 1.82) is 0 Å². The summed E-state index contributed by atoms with van der Waals surface area (Å²) in [6.45, 7) is 1.29. The van der Waals surface area contributed by atoms with Crippen molar-refractivity contribution in [2.75, 3.05) is 12.4 Å². The summed E-state index contributed by atoms with van der Waals surface area (Å²) < 4.78 is 19.3. The molecule has 0 aliphatic heterocycles. The first-order valence-electron chi connectivity index (χ1n) is 5.68. The second-order valence-corrected chi connectivity index (χ2v) is 4.74. The van der Waals surface area contributed by atoms with E-state index in [2.05, 4.69) is 21.6 Å². The average molecular weight is 296 g/mol. The average Bonchev–Trinajstić information content (AvgIpc) is 2.34. The van der Waals surface area contributed by atoms with Crippen molar-refractivity contribution in [2.24, 2.45) is 5.73 Å². The van der Waals surface area contributed by atoms with E-state index in [1.165, 1.54) is 14.0 Å². The Hall–Kier alpha value is -1.62. The van der Waals surface area contributed by atoms with Crippen LogP contribution in [0, 0.1) is 5.82 Å². The van der Waals surface area contributed by atoms with Crippen LogP contribution < -0.4 is 20.2 Å². The SMILES string of the molecule is COc1c(F)cc(NC(C)=O)[c]([Al+])c1CC(N)C(=O)O. The third-order valence-corrected chi connectivity index (χ3v) is 3.29. The molecule has 1 aromatic rings. The molecule has 20 heavy (non-hydrogen) atoms. The number of carbonyl (C=O) groups excluding carboxylic acids is 1. The molecule has 1 unspecified atom stereocenters. The van der Waals surface area contributed by atoms with Gasteiger partial charge >= 0.3 is 123 Å². The van der Waals surface area contributed by atoms with E-state index in [0.29, 0.717) is 4.43 Å². The molecule has 4 N–H and O–H groups in total. The van der Waals surface area contributed by atoms with Gasteiger partial charge in [0.25, 0.3) is 0 Å². The maximum absolute atomic E-state index is 13.9. The van der Waals surface area contributed by atoms with Crippen molar-refractivity contribution in [3.05, 3.63) is 17.4 Å². The van der Waals surface area contributed by atoms with Gasteiger partial charge in [0.1, 0.15) is 0 Å². The summed E-state index contributed by atoms with van der Waals surface area (Å²) in [6.07, 6.45) is -0.123. The van der Waals surface area contributed by atoms with Gasteiger partial charge in [-0.15, -0.1) is 0 Å². The van der Waals surface area contributed by atoms with Gasteiger partial charge in [-0.2, -0.15) is 0 Å². The number of methoxy groups -OCH3 is 1. The monoisotopic (exact) mass is 296 g/mol. The zero-order valence-corrected chi connectivity index (χ0v) is 12.2. The number of carbonyl (C=O) groups is 2. The van der Waals surface area contributed by atoms with Crippen LogP contribution in [0.5, 0.6) is 5.75 Å². The van der Waals surface area contributed by atoms with Gasteiger partial charge in [0.15, 0.2) is 0 Å². The first-order valence-corrected chi connectivity index (χ1v) is 6.26. The summed E-state index contributed by atoms with van der Waals surface area (Å²) in [5.74, 6) is -2.36. The van der Waals surface area contributed by atoms with E-state index in [-0.39, 0.29) is 29.3 Å². The molecule has 0 aliphatic rings. The fraction of sp³-hybridized carbons (Fsp3) is 0.333. The number of ether oxygens (including phenoxy) is 1. The number of benzene rings is 1. The van der Waals surface area contributed by atoms with Crippen LogP contribution in [0.25, 0.3) is 0 Å². The third-order valence-electron chi connectivity index (χ3n) is 2.63. The van der Waals surface area contributed by atoms with Crippen LogP contribution >= 0.6 is 0 Å². The maximum atomic E-state index is 13.9. The van der Waals surface area contributed by atoms with Crippen molar-refractivity contribution in [3.63, 3.8) is 0 Å². The fourth-order valence-electron chi connectivity index (χ4n) is 1.72. The van der Waals surface area contributed by atoms with E-state index in [4.69, 9.17) is 15.6 Å². The Balaban J connectivity index is 3.33. The summed E-state index contributed by atoms with van der Waals surface area (Å²) in [7, 11) is 1.27. The summed E-state index contributed by atoms with van der Waals surface area (Å²) in [6, 6.07) is -0.0894. The molecule has 0 bridgehead atoms. The van der Waals surface area contributed by atoms with Crippen molar-refractivity contribution in [3.8, 4) is 5.75 Å². The molecular formula is C12H14AlFN2O4+.